The molecule has 0 N–H and O–H groups in total. The normalized spacial score (nSPS) is 11.0. The minimum absolute atomic E-state index is 0.00236. The number of carbonyl (C=O) groups excluding carboxylic acids is 2. The number of carbonyl (C=O) groups is 2. The van der Waals surface area contributed by atoms with Crippen LogP contribution in [0.5, 0.6) is 57.5 Å². The molecule has 16 heteroatoms. The number of hydrogen-bond donors (Lipinski definition) is 0. The molecule has 0 aliphatic rings. The minimum Gasteiger partial charge on any atom is -0.495 e. The van der Waals surface area contributed by atoms with E-state index in [0.29, 0.717) is 84.2 Å². The van der Waals surface area contributed by atoms with E-state index in [1.807, 2.05) is 38.0 Å². The summed E-state index contributed by atoms with van der Waals surface area (Å²) in [6.45, 7) is 0. The number of rotatable bonds is 18. The topological polar surface area (TPSA) is 133 Å². The van der Waals surface area contributed by atoms with Crippen molar-refractivity contribution in [1.82, 2.24) is 0 Å². The fourth-order valence-electron chi connectivity index (χ4n) is 5.97. The third-order valence-electron chi connectivity index (χ3n) is 8.88. The van der Waals surface area contributed by atoms with E-state index >= 15 is 0 Å². The van der Waals surface area contributed by atoms with Crippen molar-refractivity contribution in [2.45, 2.75) is 0 Å². The number of halogens is 2. The molecule has 0 bridgehead atoms. The molecule has 0 heterocycles. The first-order valence-electron chi connectivity index (χ1n) is 17.9. The van der Waals surface area contributed by atoms with Crippen LogP contribution >= 0.6 is 27.5 Å². The Morgan fingerprint density at radius 3 is 1.15 bits per heavy atom. The van der Waals surface area contributed by atoms with Gasteiger partial charge in [-0.25, -0.2) is 0 Å². The van der Waals surface area contributed by atoms with Crippen molar-refractivity contribution in [2.24, 2.45) is 0 Å². The van der Waals surface area contributed by atoms with Crippen molar-refractivity contribution in [3.8, 4) is 57.5 Å². The third kappa shape index (κ3) is 10.8. The van der Waals surface area contributed by atoms with Crippen molar-refractivity contribution in [1.29, 1.82) is 0 Å². The highest BCUT2D eigenvalue weighted by Crippen LogP contribution is 2.49. The Labute approximate surface area is 365 Å². The summed E-state index contributed by atoms with van der Waals surface area (Å²) in [6, 6.07) is 13.8. The molecule has 0 fully saturated rings. The molecule has 4 rings (SSSR count). The average Bonchev–Trinajstić information content (AvgIpc) is 3.26. The number of anilines is 2. The summed E-state index contributed by atoms with van der Waals surface area (Å²) >= 11 is 9.80. The van der Waals surface area contributed by atoms with Gasteiger partial charge in [-0.1, -0.05) is 11.6 Å². The summed E-state index contributed by atoms with van der Waals surface area (Å²) in [5.41, 5.74) is 3.59. The van der Waals surface area contributed by atoms with Crippen LogP contribution in [0.25, 0.3) is 12.2 Å². The predicted molar refractivity (Wildman–Crippen MR) is 239 cm³/mol. The second kappa shape index (κ2) is 22.4. The van der Waals surface area contributed by atoms with Crippen molar-refractivity contribution >= 4 is 62.6 Å². The molecular weight excluding hydrogens is 864 g/mol. The first kappa shape index (κ1) is 48.4. The summed E-state index contributed by atoms with van der Waals surface area (Å²) in [4.78, 5) is 29.8. The third-order valence-corrected chi connectivity index (χ3v) is 9.75. The summed E-state index contributed by atoms with van der Waals surface area (Å²) in [5, 5.41) is -0.00236. The highest BCUT2D eigenvalue weighted by molar-refractivity contribution is 9.12. The summed E-state index contributed by atoms with van der Waals surface area (Å²) < 4.78 is 54.5. The van der Waals surface area contributed by atoms with Crippen LogP contribution in [0.1, 0.15) is 31.8 Å². The molecule has 0 atom stereocenters. The number of hydrogen-bond acceptors (Lipinski definition) is 14. The number of allylic oxidation sites excluding steroid dienone is 2. The minimum atomic E-state index is -0.349. The molecule has 4 aromatic carbocycles. The van der Waals surface area contributed by atoms with Gasteiger partial charge in [0.25, 0.3) is 0 Å². The first-order valence-corrected chi connectivity index (χ1v) is 19.1. The van der Waals surface area contributed by atoms with Gasteiger partial charge in [0.05, 0.1) is 92.0 Å². The van der Waals surface area contributed by atoms with E-state index in [-0.39, 0.29) is 16.6 Å². The second-order valence-electron chi connectivity index (χ2n) is 12.7. The number of methoxy groups -OCH3 is 10. The van der Waals surface area contributed by atoms with Gasteiger partial charge in [-0.3, -0.25) is 9.59 Å². The Hall–Kier alpha value is -5.93. The van der Waals surface area contributed by atoms with Crippen molar-refractivity contribution < 1.29 is 57.0 Å². The molecule has 0 saturated carbocycles. The highest BCUT2D eigenvalue weighted by Gasteiger charge is 2.24. The Bertz CT molecular complexity index is 2070. The first-order chi connectivity index (χ1) is 28.6. The van der Waals surface area contributed by atoms with E-state index in [9.17, 15) is 9.59 Å². The van der Waals surface area contributed by atoms with Crippen LogP contribution in [0.4, 0.5) is 11.4 Å². The Morgan fingerprint density at radius 2 is 0.817 bits per heavy atom. The van der Waals surface area contributed by atoms with Crippen LogP contribution in [0.3, 0.4) is 0 Å². The number of benzene rings is 4. The van der Waals surface area contributed by atoms with Crippen LogP contribution in [0.2, 0.25) is 0 Å². The standard InChI is InChI=1S/C22H26BrNO6.C22H26ClNO6/c2*1-24(2)16-11-13(8-9-17(16)26-3)19(25)15(23)10-14-12-18(27-4)21(29-6)22(30-7)20(14)28-5/h2*8-12H,1-7H3/b2*15-10+. The lowest BCUT2D eigenvalue weighted by molar-refractivity contribution is 0.103. The Balaban J connectivity index is 0.000000320. The van der Waals surface area contributed by atoms with Gasteiger partial charge in [-0.15, -0.1) is 0 Å². The quantitative estimate of drug-likeness (QED) is 0.0697. The number of ketones is 2. The van der Waals surface area contributed by atoms with Gasteiger partial charge in [-0.05, 0) is 76.6 Å². The van der Waals surface area contributed by atoms with Gasteiger partial charge in [0.1, 0.15) is 11.5 Å². The summed E-state index contributed by atoms with van der Waals surface area (Å²) in [7, 11) is 22.7. The molecule has 14 nitrogen and oxygen atoms in total. The number of ether oxygens (including phenoxy) is 10. The lowest BCUT2D eigenvalue weighted by Gasteiger charge is -2.18. The van der Waals surface area contributed by atoms with E-state index < -0.39 is 0 Å². The van der Waals surface area contributed by atoms with Gasteiger partial charge < -0.3 is 57.2 Å². The molecule has 0 spiro atoms. The molecule has 60 heavy (non-hydrogen) atoms. The maximum atomic E-state index is 13.1. The molecular formula is C44H52BrClN2O12. The van der Waals surface area contributed by atoms with E-state index in [1.54, 1.807) is 68.8 Å². The van der Waals surface area contributed by atoms with E-state index in [2.05, 4.69) is 15.9 Å². The molecule has 0 aliphatic heterocycles. The number of Topliss-reactive ketones (excluding diaryl/α,β-unsaturated/α-hetero) is 2. The van der Waals surface area contributed by atoms with E-state index in [4.69, 9.17) is 59.0 Å². The molecule has 0 saturated heterocycles. The van der Waals surface area contributed by atoms with Gasteiger partial charge >= 0.3 is 0 Å². The largest absolute Gasteiger partial charge is 0.495 e. The molecule has 0 aliphatic carbocycles. The average molecular weight is 916 g/mol. The fourth-order valence-corrected chi connectivity index (χ4v) is 6.68. The summed E-state index contributed by atoms with van der Waals surface area (Å²) in [5.74, 6) is 3.93. The van der Waals surface area contributed by atoms with Gasteiger partial charge in [0.2, 0.25) is 28.8 Å². The molecule has 324 valence electrons. The lowest BCUT2D eigenvalue weighted by atomic mass is 10.1. The predicted octanol–water partition coefficient (Wildman–Crippen LogP) is 8.67. The van der Waals surface area contributed by atoms with Crippen LogP contribution in [-0.2, 0) is 0 Å². The molecule has 0 amide bonds. The Morgan fingerprint density at radius 1 is 0.467 bits per heavy atom. The van der Waals surface area contributed by atoms with Crippen molar-refractivity contribution in [3.63, 3.8) is 0 Å². The van der Waals surface area contributed by atoms with E-state index in [0.717, 1.165) is 11.4 Å². The van der Waals surface area contributed by atoms with Crippen LogP contribution in [0, 0.1) is 0 Å². The zero-order valence-corrected chi connectivity index (χ0v) is 38.7. The van der Waals surface area contributed by atoms with Crippen LogP contribution < -0.4 is 57.2 Å². The number of nitrogens with zero attached hydrogens (tertiary/aromatic N) is 2. The SMILES string of the molecule is COc1ccc(C(=O)/C(Br)=C\c2cc(OC)c(OC)c(OC)c2OC)cc1N(C)C.COc1ccc(C(=O)/C(Cl)=C\c2cc(OC)c(OC)c(OC)c2OC)cc1N(C)C. The molecule has 4 aromatic rings. The molecule has 0 radical (unpaired) electrons. The maximum Gasteiger partial charge on any atom is 0.207 e. The lowest BCUT2D eigenvalue weighted by Crippen LogP contribution is -2.11. The zero-order chi connectivity index (χ0) is 44.8. The molecule has 0 aromatic heterocycles. The van der Waals surface area contributed by atoms with Gasteiger partial charge in [0, 0.05) is 50.4 Å². The fraction of sp³-hybridized carbons (Fsp3) is 0.318. The van der Waals surface area contributed by atoms with Gasteiger partial charge in [-0.2, -0.15) is 0 Å². The monoisotopic (exact) mass is 914 g/mol. The second-order valence-corrected chi connectivity index (χ2v) is 14.0. The Kier molecular flexibility index (Phi) is 18.1. The smallest absolute Gasteiger partial charge is 0.207 e. The highest BCUT2D eigenvalue weighted by atomic mass is 79.9. The van der Waals surface area contributed by atoms with Crippen LogP contribution in [-0.4, -0.2) is 111 Å². The molecule has 0 unspecified atom stereocenters. The van der Waals surface area contributed by atoms with E-state index in [1.165, 1.54) is 63.0 Å². The summed E-state index contributed by atoms with van der Waals surface area (Å²) in [6.07, 6.45) is 3.16. The van der Waals surface area contributed by atoms with Crippen molar-refractivity contribution in [2.75, 3.05) is 109 Å². The van der Waals surface area contributed by atoms with Crippen LogP contribution in [0.15, 0.2) is 58.0 Å². The maximum absolute atomic E-state index is 13.1. The van der Waals surface area contributed by atoms with Gasteiger partial charge in [0.15, 0.2) is 28.8 Å². The zero-order valence-electron chi connectivity index (χ0n) is 36.3. The van der Waals surface area contributed by atoms with Crippen molar-refractivity contribution in [3.05, 3.63) is 80.3 Å².